The summed E-state index contributed by atoms with van der Waals surface area (Å²) in [7, 11) is 0. The third-order valence-electron chi connectivity index (χ3n) is 5.44. The van der Waals surface area contributed by atoms with Crippen molar-refractivity contribution in [1.82, 2.24) is 15.5 Å². The molecule has 0 aromatic heterocycles. The van der Waals surface area contributed by atoms with Crippen LogP contribution >= 0.6 is 0 Å². The zero-order chi connectivity index (χ0) is 20.1. The van der Waals surface area contributed by atoms with Gasteiger partial charge in [-0.25, -0.2) is 0 Å². The Morgan fingerprint density at radius 2 is 1.86 bits per heavy atom. The second kappa shape index (κ2) is 9.43. The summed E-state index contributed by atoms with van der Waals surface area (Å²) in [5, 5.41) is 5.43. The number of nitrogens with zero attached hydrogens (tertiary/aromatic N) is 1. The van der Waals surface area contributed by atoms with Gasteiger partial charge < -0.3 is 29.6 Å². The molecule has 0 spiro atoms. The van der Waals surface area contributed by atoms with E-state index >= 15 is 0 Å². The molecule has 3 heterocycles. The van der Waals surface area contributed by atoms with Gasteiger partial charge in [0, 0.05) is 32.8 Å². The van der Waals surface area contributed by atoms with Crippen LogP contribution in [-0.4, -0.2) is 75.6 Å². The predicted molar refractivity (Wildman–Crippen MR) is 103 cm³/mol. The molecule has 2 atom stereocenters. The van der Waals surface area contributed by atoms with Crippen LogP contribution in [0.2, 0.25) is 0 Å². The summed E-state index contributed by atoms with van der Waals surface area (Å²) in [6, 6.07) is 5.69. The minimum Gasteiger partial charge on any atom is -0.454 e. The van der Waals surface area contributed by atoms with Crippen molar-refractivity contribution in [2.24, 2.45) is 0 Å². The van der Waals surface area contributed by atoms with E-state index in [-0.39, 0.29) is 18.9 Å². The lowest BCUT2D eigenvalue weighted by Gasteiger charge is -2.35. The molecular weight excluding hydrogens is 378 g/mol. The lowest BCUT2D eigenvalue weighted by molar-refractivity contribution is -0.139. The summed E-state index contributed by atoms with van der Waals surface area (Å²) in [6.45, 7) is 4.37. The molecule has 4 rings (SSSR count). The molecule has 0 radical (unpaired) electrons. The van der Waals surface area contributed by atoms with Gasteiger partial charge in [-0.15, -0.1) is 0 Å². The highest BCUT2D eigenvalue weighted by Gasteiger charge is 2.27. The Morgan fingerprint density at radius 1 is 1.07 bits per heavy atom. The third kappa shape index (κ3) is 4.98. The number of ether oxygens (including phenoxy) is 4. The second-order valence-corrected chi connectivity index (χ2v) is 7.33. The highest BCUT2D eigenvalue weighted by molar-refractivity contribution is 6.35. The van der Waals surface area contributed by atoms with Crippen molar-refractivity contribution in [2.45, 2.75) is 25.0 Å². The van der Waals surface area contributed by atoms with Crippen molar-refractivity contribution in [3.05, 3.63) is 23.8 Å². The minimum atomic E-state index is -0.637. The summed E-state index contributed by atoms with van der Waals surface area (Å²) in [4.78, 5) is 26.7. The van der Waals surface area contributed by atoms with E-state index in [1.54, 1.807) is 0 Å². The fourth-order valence-electron chi connectivity index (χ4n) is 3.83. The first-order valence-corrected chi connectivity index (χ1v) is 10.1. The standard InChI is InChI=1S/C20H27N3O6/c24-19(21-11-15-2-1-7-27-15)20(25)22-12-16(23-5-8-26-9-6-23)14-3-4-17-18(10-14)29-13-28-17/h3-4,10,15-16H,1-2,5-9,11-13H2,(H,21,24)(H,22,25). The normalized spacial score (nSPS) is 22.3. The Bertz CT molecular complexity index is 731. The van der Waals surface area contributed by atoms with E-state index in [2.05, 4.69) is 15.5 Å². The lowest BCUT2D eigenvalue weighted by atomic mass is 10.0. The number of hydrogen-bond donors (Lipinski definition) is 2. The number of nitrogens with one attached hydrogen (secondary N) is 2. The van der Waals surface area contributed by atoms with Gasteiger partial charge >= 0.3 is 11.8 Å². The Labute approximate surface area is 169 Å². The van der Waals surface area contributed by atoms with E-state index in [1.807, 2.05) is 18.2 Å². The van der Waals surface area contributed by atoms with Gasteiger partial charge in [0.25, 0.3) is 0 Å². The van der Waals surface area contributed by atoms with E-state index in [0.29, 0.717) is 44.4 Å². The monoisotopic (exact) mass is 405 g/mol. The Kier molecular flexibility index (Phi) is 6.48. The number of benzene rings is 1. The molecule has 158 valence electrons. The molecular formula is C20H27N3O6. The summed E-state index contributed by atoms with van der Waals surface area (Å²) in [5.41, 5.74) is 0.996. The number of carbonyl (C=O) groups is 2. The van der Waals surface area contributed by atoms with Crippen molar-refractivity contribution < 1.29 is 28.5 Å². The molecule has 3 aliphatic heterocycles. The number of fused-ring (bicyclic) bond motifs is 1. The zero-order valence-corrected chi connectivity index (χ0v) is 16.4. The van der Waals surface area contributed by atoms with E-state index < -0.39 is 11.8 Å². The first-order chi connectivity index (χ1) is 14.2. The van der Waals surface area contributed by atoms with Crippen LogP contribution < -0.4 is 20.1 Å². The van der Waals surface area contributed by atoms with Crippen LogP contribution in [0.3, 0.4) is 0 Å². The van der Waals surface area contributed by atoms with E-state index in [0.717, 1.165) is 31.5 Å². The third-order valence-corrected chi connectivity index (χ3v) is 5.44. The van der Waals surface area contributed by atoms with Gasteiger partial charge in [-0.1, -0.05) is 6.07 Å². The van der Waals surface area contributed by atoms with Crippen molar-refractivity contribution in [3.63, 3.8) is 0 Å². The number of amides is 2. The predicted octanol–water partition coefficient (Wildman–Crippen LogP) is 0.200. The van der Waals surface area contributed by atoms with Crippen LogP contribution in [-0.2, 0) is 19.1 Å². The maximum Gasteiger partial charge on any atom is 0.309 e. The zero-order valence-electron chi connectivity index (χ0n) is 16.4. The summed E-state index contributed by atoms with van der Waals surface area (Å²) in [5.74, 6) is 0.141. The maximum atomic E-state index is 12.3. The van der Waals surface area contributed by atoms with Gasteiger partial charge in [-0.05, 0) is 30.5 Å². The average Bonchev–Trinajstić information content (AvgIpc) is 3.44. The Morgan fingerprint density at radius 3 is 2.66 bits per heavy atom. The van der Waals surface area contributed by atoms with Gasteiger partial charge in [0.1, 0.15) is 0 Å². The molecule has 2 unspecified atom stereocenters. The van der Waals surface area contributed by atoms with Crippen molar-refractivity contribution in [1.29, 1.82) is 0 Å². The molecule has 1 aromatic rings. The Balaban J connectivity index is 1.37. The molecule has 0 saturated carbocycles. The molecule has 2 fully saturated rings. The average molecular weight is 405 g/mol. The second-order valence-electron chi connectivity index (χ2n) is 7.33. The van der Waals surface area contributed by atoms with Crippen molar-refractivity contribution in [2.75, 3.05) is 52.8 Å². The summed E-state index contributed by atoms with van der Waals surface area (Å²) < 4.78 is 21.8. The first-order valence-electron chi connectivity index (χ1n) is 10.1. The SMILES string of the molecule is O=C(NCC1CCCO1)C(=O)NCC(c1ccc2c(c1)OCO2)N1CCOCC1. The van der Waals surface area contributed by atoms with Crippen LogP contribution in [0.25, 0.3) is 0 Å². The molecule has 29 heavy (non-hydrogen) atoms. The van der Waals surface area contributed by atoms with Gasteiger partial charge in [0.15, 0.2) is 11.5 Å². The Hall–Kier alpha value is -2.36. The first kappa shape index (κ1) is 19.9. The van der Waals surface area contributed by atoms with Crippen LogP contribution in [0.15, 0.2) is 18.2 Å². The van der Waals surface area contributed by atoms with Gasteiger partial charge in [-0.3, -0.25) is 14.5 Å². The molecule has 2 amide bonds. The summed E-state index contributed by atoms with van der Waals surface area (Å²) >= 11 is 0. The van der Waals surface area contributed by atoms with E-state index in [9.17, 15) is 9.59 Å². The minimum absolute atomic E-state index is 0.00137. The number of rotatable bonds is 6. The molecule has 9 heteroatoms. The van der Waals surface area contributed by atoms with E-state index in [1.165, 1.54) is 0 Å². The van der Waals surface area contributed by atoms with Gasteiger partial charge in [-0.2, -0.15) is 0 Å². The van der Waals surface area contributed by atoms with Gasteiger partial charge in [0.05, 0.1) is 25.4 Å². The highest BCUT2D eigenvalue weighted by atomic mass is 16.7. The fourth-order valence-corrected chi connectivity index (χ4v) is 3.83. The largest absolute Gasteiger partial charge is 0.454 e. The topological polar surface area (TPSA) is 98.4 Å². The highest BCUT2D eigenvalue weighted by Crippen LogP contribution is 2.35. The number of morpholine rings is 1. The van der Waals surface area contributed by atoms with Crippen LogP contribution in [0.5, 0.6) is 11.5 Å². The quantitative estimate of drug-likeness (QED) is 0.653. The smallest absolute Gasteiger partial charge is 0.309 e. The number of carbonyl (C=O) groups excluding carboxylic acids is 2. The summed E-state index contributed by atoms with van der Waals surface area (Å²) in [6.07, 6.45) is 1.90. The van der Waals surface area contributed by atoms with Crippen LogP contribution in [0.4, 0.5) is 0 Å². The molecule has 0 aliphatic carbocycles. The molecule has 1 aromatic carbocycles. The van der Waals surface area contributed by atoms with Gasteiger partial charge in [0.2, 0.25) is 6.79 Å². The molecule has 2 N–H and O–H groups in total. The molecule has 3 aliphatic rings. The van der Waals surface area contributed by atoms with Crippen molar-refractivity contribution >= 4 is 11.8 Å². The molecule has 0 bridgehead atoms. The van der Waals surface area contributed by atoms with Crippen LogP contribution in [0, 0.1) is 0 Å². The molecule has 9 nitrogen and oxygen atoms in total. The number of hydrogen-bond acceptors (Lipinski definition) is 7. The van der Waals surface area contributed by atoms with Crippen LogP contribution in [0.1, 0.15) is 24.4 Å². The van der Waals surface area contributed by atoms with Crippen molar-refractivity contribution in [3.8, 4) is 11.5 Å². The molecule has 2 saturated heterocycles. The fraction of sp³-hybridized carbons (Fsp3) is 0.600. The maximum absolute atomic E-state index is 12.3. The lowest BCUT2D eigenvalue weighted by Crippen LogP contribution is -2.47. The van der Waals surface area contributed by atoms with E-state index in [4.69, 9.17) is 18.9 Å².